The molecule has 0 saturated carbocycles. The van der Waals surface area contributed by atoms with Gasteiger partial charge in [0.15, 0.2) is 0 Å². The number of carbonyl (C=O) groups excluding carboxylic acids is 2. The average Bonchev–Trinajstić information content (AvgIpc) is 2.94. The molecule has 0 spiro atoms. The highest BCUT2D eigenvalue weighted by Crippen LogP contribution is 2.13. The van der Waals surface area contributed by atoms with Gasteiger partial charge in [-0.05, 0) is 6.42 Å². The smallest absolute Gasteiger partial charge is 0.409 e. The molecule has 1 N–H and O–H groups in total. The molecule has 2 atom stereocenters. The molecule has 0 aromatic carbocycles. The molecule has 0 bridgehead atoms. The fourth-order valence-corrected chi connectivity index (χ4v) is 2.53. The molecule has 2 saturated heterocycles. The number of carbonyl (C=O) groups is 2. The van der Waals surface area contributed by atoms with Crippen molar-refractivity contribution in [3.8, 4) is 0 Å². The van der Waals surface area contributed by atoms with Crippen molar-refractivity contribution in [1.29, 1.82) is 0 Å². The second kappa shape index (κ2) is 6.21. The predicted molar refractivity (Wildman–Crippen MR) is 67.8 cm³/mol. The van der Waals surface area contributed by atoms with E-state index in [-0.39, 0.29) is 24.1 Å². The summed E-state index contributed by atoms with van der Waals surface area (Å²) in [4.78, 5) is 27.0. The first-order chi connectivity index (χ1) is 9.15. The van der Waals surface area contributed by atoms with Crippen molar-refractivity contribution < 1.29 is 19.1 Å². The number of methoxy groups -OCH3 is 2. The predicted octanol–water partition coefficient (Wildman–Crippen LogP) is -0.726. The lowest BCUT2D eigenvalue weighted by atomic mass is 10.1. The topological polar surface area (TPSA) is 71.1 Å². The van der Waals surface area contributed by atoms with Crippen LogP contribution in [0.1, 0.15) is 6.42 Å². The summed E-state index contributed by atoms with van der Waals surface area (Å²) in [5.74, 6) is 0.101. The van der Waals surface area contributed by atoms with Crippen molar-refractivity contribution in [3.05, 3.63) is 0 Å². The maximum atomic E-state index is 12.3. The highest BCUT2D eigenvalue weighted by Gasteiger charge is 2.34. The third kappa shape index (κ3) is 3.16. The van der Waals surface area contributed by atoms with Gasteiger partial charge in [0.2, 0.25) is 5.91 Å². The second-order valence-electron chi connectivity index (χ2n) is 4.84. The Kier molecular flexibility index (Phi) is 4.60. The zero-order valence-electron chi connectivity index (χ0n) is 11.4. The molecule has 0 radical (unpaired) electrons. The summed E-state index contributed by atoms with van der Waals surface area (Å²) < 4.78 is 9.91. The van der Waals surface area contributed by atoms with E-state index >= 15 is 0 Å². The molecule has 0 aromatic rings. The lowest BCUT2D eigenvalue weighted by Crippen LogP contribution is -2.54. The van der Waals surface area contributed by atoms with Crippen LogP contribution in [0.2, 0.25) is 0 Å². The Morgan fingerprint density at radius 2 is 1.74 bits per heavy atom. The first-order valence-electron chi connectivity index (χ1n) is 6.53. The van der Waals surface area contributed by atoms with Crippen molar-refractivity contribution in [1.82, 2.24) is 15.1 Å². The zero-order valence-corrected chi connectivity index (χ0v) is 11.4. The standard InChI is InChI=1S/C12H21N3O4/c1-18-9-7-10(13-8-9)11(16)14-3-5-15(6-4-14)12(17)19-2/h9-10,13H,3-8H2,1-2H3. The summed E-state index contributed by atoms with van der Waals surface area (Å²) >= 11 is 0. The first kappa shape index (κ1) is 14.1. The molecule has 7 nitrogen and oxygen atoms in total. The fourth-order valence-electron chi connectivity index (χ4n) is 2.53. The van der Waals surface area contributed by atoms with Gasteiger partial charge in [-0.25, -0.2) is 4.79 Å². The molecule has 2 unspecified atom stereocenters. The quantitative estimate of drug-likeness (QED) is 0.717. The minimum atomic E-state index is -0.328. The molecule has 2 aliphatic heterocycles. The maximum absolute atomic E-state index is 12.3. The third-order valence-corrected chi connectivity index (χ3v) is 3.75. The van der Waals surface area contributed by atoms with E-state index in [4.69, 9.17) is 4.74 Å². The highest BCUT2D eigenvalue weighted by molar-refractivity contribution is 5.82. The van der Waals surface area contributed by atoms with Crippen LogP contribution in [0, 0.1) is 0 Å². The van der Waals surface area contributed by atoms with Gasteiger partial charge in [0, 0.05) is 39.8 Å². The van der Waals surface area contributed by atoms with E-state index in [1.807, 2.05) is 0 Å². The van der Waals surface area contributed by atoms with Crippen molar-refractivity contribution in [2.24, 2.45) is 0 Å². The Morgan fingerprint density at radius 3 is 2.26 bits per heavy atom. The summed E-state index contributed by atoms with van der Waals surface area (Å²) in [6, 6.07) is -0.158. The van der Waals surface area contributed by atoms with Gasteiger partial charge < -0.3 is 24.6 Å². The van der Waals surface area contributed by atoms with E-state index < -0.39 is 0 Å². The lowest BCUT2D eigenvalue weighted by molar-refractivity contribution is -0.134. The van der Waals surface area contributed by atoms with E-state index in [0.29, 0.717) is 32.6 Å². The minimum absolute atomic E-state index is 0.101. The molecule has 19 heavy (non-hydrogen) atoms. The zero-order chi connectivity index (χ0) is 13.8. The third-order valence-electron chi connectivity index (χ3n) is 3.75. The molecule has 2 rings (SSSR count). The number of hydrogen-bond acceptors (Lipinski definition) is 5. The molecule has 2 amide bonds. The van der Waals surface area contributed by atoms with Crippen LogP contribution >= 0.6 is 0 Å². The van der Waals surface area contributed by atoms with Crippen LogP contribution in [0.5, 0.6) is 0 Å². The van der Waals surface area contributed by atoms with E-state index in [9.17, 15) is 9.59 Å². The number of rotatable bonds is 2. The van der Waals surface area contributed by atoms with Crippen LogP contribution < -0.4 is 5.32 Å². The first-order valence-corrected chi connectivity index (χ1v) is 6.53. The lowest BCUT2D eigenvalue weighted by Gasteiger charge is -2.35. The van der Waals surface area contributed by atoms with Crippen molar-refractivity contribution in [2.45, 2.75) is 18.6 Å². The van der Waals surface area contributed by atoms with Crippen LogP contribution in [-0.4, -0.2) is 80.9 Å². The summed E-state index contributed by atoms with van der Waals surface area (Å²) in [7, 11) is 3.03. The maximum Gasteiger partial charge on any atom is 0.409 e. The molecule has 2 fully saturated rings. The number of hydrogen-bond donors (Lipinski definition) is 1. The molecule has 0 aliphatic carbocycles. The Labute approximate surface area is 112 Å². The van der Waals surface area contributed by atoms with Gasteiger partial charge >= 0.3 is 6.09 Å². The molecule has 7 heteroatoms. The fraction of sp³-hybridized carbons (Fsp3) is 0.833. The Balaban J connectivity index is 1.81. The molecule has 2 aliphatic rings. The Bertz CT molecular complexity index is 342. The summed E-state index contributed by atoms with van der Waals surface area (Å²) in [5, 5.41) is 3.18. The van der Waals surface area contributed by atoms with Crippen LogP contribution in [-0.2, 0) is 14.3 Å². The average molecular weight is 271 g/mol. The van der Waals surface area contributed by atoms with Gasteiger partial charge in [-0.1, -0.05) is 0 Å². The number of amides is 2. The summed E-state index contributed by atoms with van der Waals surface area (Å²) in [6.45, 7) is 2.89. The number of nitrogens with zero attached hydrogens (tertiary/aromatic N) is 2. The van der Waals surface area contributed by atoms with Crippen LogP contribution in [0.4, 0.5) is 4.79 Å². The van der Waals surface area contributed by atoms with Crippen LogP contribution in [0.25, 0.3) is 0 Å². The monoisotopic (exact) mass is 271 g/mol. The van der Waals surface area contributed by atoms with Gasteiger partial charge in [0.25, 0.3) is 0 Å². The van der Waals surface area contributed by atoms with E-state index in [1.165, 1.54) is 7.11 Å². The van der Waals surface area contributed by atoms with Crippen molar-refractivity contribution >= 4 is 12.0 Å². The molecule has 0 aromatic heterocycles. The number of nitrogens with one attached hydrogen (secondary N) is 1. The van der Waals surface area contributed by atoms with Crippen LogP contribution in [0.3, 0.4) is 0 Å². The Hall–Kier alpha value is -1.34. The SMILES string of the molecule is COC(=O)N1CCN(C(=O)C2CC(OC)CN2)CC1. The summed E-state index contributed by atoms with van der Waals surface area (Å²) in [5.41, 5.74) is 0. The number of piperazine rings is 1. The second-order valence-corrected chi connectivity index (χ2v) is 4.84. The minimum Gasteiger partial charge on any atom is -0.453 e. The van der Waals surface area contributed by atoms with E-state index in [1.54, 1.807) is 16.9 Å². The summed E-state index contributed by atoms with van der Waals surface area (Å²) in [6.07, 6.45) is 0.503. The number of ether oxygens (including phenoxy) is 2. The Morgan fingerprint density at radius 1 is 1.11 bits per heavy atom. The van der Waals surface area contributed by atoms with Crippen molar-refractivity contribution in [2.75, 3.05) is 46.9 Å². The van der Waals surface area contributed by atoms with E-state index in [2.05, 4.69) is 10.1 Å². The van der Waals surface area contributed by atoms with E-state index in [0.717, 1.165) is 6.54 Å². The van der Waals surface area contributed by atoms with Gasteiger partial charge in [-0.2, -0.15) is 0 Å². The molecular formula is C12H21N3O4. The highest BCUT2D eigenvalue weighted by atomic mass is 16.5. The van der Waals surface area contributed by atoms with Gasteiger partial charge in [0.1, 0.15) is 0 Å². The molecular weight excluding hydrogens is 250 g/mol. The van der Waals surface area contributed by atoms with Gasteiger partial charge in [-0.15, -0.1) is 0 Å². The normalized spacial score (nSPS) is 27.5. The molecule has 108 valence electrons. The largest absolute Gasteiger partial charge is 0.453 e. The van der Waals surface area contributed by atoms with Crippen LogP contribution in [0.15, 0.2) is 0 Å². The van der Waals surface area contributed by atoms with Gasteiger partial charge in [0.05, 0.1) is 19.3 Å². The van der Waals surface area contributed by atoms with Gasteiger partial charge in [-0.3, -0.25) is 4.79 Å². The van der Waals surface area contributed by atoms with Crippen molar-refractivity contribution in [3.63, 3.8) is 0 Å². The molecule has 2 heterocycles.